The van der Waals surface area contributed by atoms with Crippen LogP contribution in [-0.2, 0) is 0 Å². The minimum atomic E-state index is 0.0794. The van der Waals surface area contributed by atoms with E-state index in [9.17, 15) is 0 Å². The van der Waals surface area contributed by atoms with Crippen LogP contribution in [-0.4, -0.2) is 24.9 Å². The Morgan fingerprint density at radius 3 is 3.18 bits per heavy atom. The molecule has 0 fully saturated rings. The highest BCUT2D eigenvalue weighted by Crippen LogP contribution is 2.36. The number of anilines is 1. The van der Waals surface area contributed by atoms with Crippen LogP contribution in [0.1, 0.15) is 24.9 Å². The van der Waals surface area contributed by atoms with Crippen LogP contribution in [0.2, 0.25) is 0 Å². The molecule has 0 spiro atoms. The normalized spacial score (nSPS) is 19.5. The molecule has 2 atom stereocenters. The molecule has 1 aromatic rings. The topological polar surface area (TPSA) is 52.2 Å². The molecule has 1 aromatic heterocycles. The van der Waals surface area contributed by atoms with E-state index in [1.54, 1.807) is 6.34 Å². The van der Waals surface area contributed by atoms with Crippen molar-refractivity contribution in [3.05, 3.63) is 30.0 Å². The largest absolute Gasteiger partial charge is 0.348 e. The van der Waals surface area contributed by atoms with Crippen molar-refractivity contribution in [1.29, 1.82) is 0 Å². The molecule has 4 nitrogen and oxygen atoms in total. The van der Waals surface area contributed by atoms with Crippen LogP contribution < -0.4 is 10.6 Å². The molecular formula is C13H20N4. The first kappa shape index (κ1) is 11.9. The molecule has 1 aliphatic rings. The molecule has 0 amide bonds. The lowest BCUT2D eigenvalue weighted by Gasteiger charge is -2.25. The van der Waals surface area contributed by atoms with Crippen LogP contribution in [0.4, 0.5) is 5.82 Å². The van der Waals surface area contributed by atoms with E-state index >= 15 is 0 Å². The van der Waals surface area contributed by atoms with E-state index in [-0.39, 0.29) is 6.04 Å². The summed E-state index contributed by atoms with van der Waals surface area (Å²) < 4.78 is 0. The lowest BCUT2D eigenvalue weighted by atomic mass is 9.88. The molecule has 4 heteroatoms. The number of nitrogens with zero attached hydrogens (tertiary/aromatic N) is 1. The first-order valence-corrected chi connectivity index (χ1v) is 6.06. The lowest BCUT2D eigenvalue weighted by molar-refractivity contribution is 0.521. The van der Waals surface area contributed by atoms with E-state index < -0.39 is 0 Å². The maximum atomic E-state index is 4.51. The van der Waals surface area contributed by atoms with E-state index in [0.29, 0.717) is 5.92 Å². The summed E-state index contributed by atoms with van der Waals surface area (Å²) in [5.41, 5.74) is 2.37. The first-order chi connectivity index (χ1) is 8.27. The van der Waals surface area contributed by atoms with Crippen molar-refractivity contribution in [2.75, 3.05) is 18.9 Å². The number of aromatic nitrogens is 1. The van der Waals surface area contributed by atoms with Gasteiger partial charge in [0.05, 0.1) is 6.34 Å². The van der Waals surface area contributed by atoms with Gasteiger partial charge in [0, 0.05) is 18.3 Å². The summed E-state index contributed by atoms with van der Waals surface area (Å²) in [6, 6.07) is 2.15. The molecule has 2 unspecified atom stereocenters. The molecule has 0 aromatic carbocycles. The third-order valence-electron chi connectivity index (χ3n) is 3.33. The molecule has 2 heterocycles. The smallest absolute Gasteiger partial charge is 0.114 e. The van der Waals surface area contributed by atoms with Gasteiger partial charge in [0.15, 0.2) is 0 Å². The Morgan fingerprint density at radius 2 is 2.47 bits per heavy atom. The zero-order valence-electron chi connectivity index (χ0n) is 10.5. The number of rotatable bonds is 5. The SMILES string of the molecule is C=C(C(CC)CNC)C1N=CNc2[nH]ccc21. The molecule has 17 heavy (non-hydrogen) atoms. The summed E-state index contributed by atoms with van der Waals surface area (Å²) in [5.74, 6) is 1.49. The number of aromatic amines is 1. The number of fused-ring (bicyclic) bond motifs is 1. The molecular weight excluding hydrogens is 212 g/mol. The highest BCUT2D eigenvalue weighted by molar-refractivity contribution is 5.79. The van der Waals surface area contributed by atoms with Crippen molar-refractivity contribution < 1.29 is 0 Å². The Balaban J connectivity index is 2.19. The quantitative estimate of drug-likeness (QED) is 0.682. The Bertz CT molecular complexity index is 419. The number of hydrogen-bond donors (Lipinski definition) is 3. The predicted octanol–water partition coefficient (Wildman–Crippen LogP) is 2.31. The van der Waals surface area contributed by atoms with Crippen LogP contribution >= 0.6 is 0 Å². The van der Waals surface area contributed by atoms with Gasteiger partial charge in [-0.15, -0.1) is 0 Å². The van der Waals surface area contributed by atoms with Gasteiger partial charge in [0.25, 0.3) is 0 Å². The number of aliphatic imine (C=N–C) groups is 1. The fraction of sp³-hybridized carbons (Fsp3) is 0.462. The fourth-order valence-corrected chi connectivity index (χ4v) is 2.29. The predicted molar refractivity (Wildman–Crippen MR) is 72.5 cm³/mol. The van der Waals surface area contributed by atoms with Gasteiger partial charge in [-0.05, 0) is 31.0 Å². The highest BCUT2D eigenvalue weighted by atomic mass is 15.1. The Morgan fingerprint density at radius 1 is 1.65 bits per heavy atom. The zero-order chi connectivity index (χ0) is 12.3. The van der Waals surface area contributed by atoms with Gasteiger partial charge >= 0.3 is 0 Å². The summed E-state index contributed by atoms with van der Waals surface area (Å²) in [5, 5.41) is 6.33. The Hall–Kier alpha value is -1.55. The van der Waals surface area contributed by atoms with Gasteiger partial charge in [-0.25, -0.2) is 0 Å². The second-order valence-electron chi connectivity index (χ2n) is 4.37. The van der Waals surface area contributed by atoms with Crippen LogP contribution in [0.3, 0.4) is 0 Å². The molecule has 2 rings (SSSR count). The van der Waals surface area contributed by atoms with E-state index in [4.69, 9.17) is 0 Å². The second-order valence-corrected chi connectivity index (χ2v) is 4.37. The van der Waals surface area contributed by atoms with Crippen molar-refractivity contribution in [2.45, 2.75) is 19.4 Å². The minimum absolute atomic E-state index is 0.0794. The van der Waals surface area contributed by atoms with E-state index in [1.165, 1.54) is 11.1 Å². The van der Waals surface area contributed by atoms with Gasteiger partial charge in [-0.2, -0.15) is 0 Å². The number of hydrogen-bond acceptors (Lipinski definition) is 3. The van der Waals surface area contributed by atoms with Crippen LogP contribution in [0.15, 0.2) is 29.4 Å². The zero-order valence-corrected chi connectivity index (χ0v) is 10.5. The van der Waals surface area contributed by atoms with Crippen molar-refractivity contribution in [3.8, 4) is 0 Å². The summed E-state index contributed by atoms with van der Waals surface area (Å²) in [7, 11) is 1.98. The monoisotopic (exact) mass is 232 g/mol. The second kappa shape index (κ2) is 5.19. The average molecular weight is 232 g/mol. The van der Waals surface area contributed by atoms with Crippen LogP contribution in [0.5, 0.6) is 0 Å². The van der Waals surface area contributed by atoms with E-state index in [2.05, 4.69) is 40.2 Å². The molecule has 0 radical (unpaired) electrons. The number of nitrogens with one attached hydrogen (secondary N) is 3. The molecule has 3 N–H and O–H groups in total. The van der Waals surface area contributed by atoms with E-state index in [1.807, 2.05) is 13.2 Å². The standard InChI is InChI=1S/C13H20N4/c1-4-10(7-14-3)9(2)12-11-5-6-15-13(11)17-8-16-12/h5-6,8,10,12,14-15H,2,4,7H2,1,3H3,(H,16,17). The van der Waals surface area contributed by atoms with Gasteiger partial charge in [0.1, 0.15) is 11.9 Å². The average Bonchev–Trinajstić information content (AvgIpc) is 2.83. The van der Waals surface area contributed by atoms with Gasteiger partial charge in [0.2, 0.25) is 0 Å². The third-order valence-corrected chi connectivity index (χ3v) is 3.33. The Kier molecular flexibility index (Phi) is 3.64. The van der Waals surface area contributed by atoms with Crippen molar-refractivity contribution in [2.24, 2.45) is 10.9 Å². The van der Waals surface area contributed by atoms with Crippen LogP contribution in [0.25, 0.3) is 0 Å². The minimum Gasteiger partial charge on any atom is -0.348 e. The van der Waals surface area contributed by atoms with Gasteiger partial charge < -0.3 is 15.6 Å². The van der Waals surface area contributed by atoms with Gasteiger partial charge in [-0.3, -0.25) is 4.99 Å². The third kappa shape index (κ3) is 2.26. The van der Waals surface area contributed by atoms with Crippen LogP contribution in [0, 0.1) is 5.92 Å². The molecule has 0 bridgehead atoms. The summed E-state index contributed by atoms with van der Waals surface area (Å²) in [6.07, 6.45) is 4.77. The van der Waals surface area contributed by atoms with Crippen molar-refractivity contribution in [1.82, 2.24) is 10.3 Å². The molecule has 0 saturated carbocycles. The molecule has 0 saturated heterocycles. The number of H-pyrrole nitrogens is 1. The maximum absolute atomic E-state index is 4.51. The summed E-state index contributed by atoms with van der Waals surface area (Å²) in [6.45, 7) is 7.39. The van der Waals surface area contributed by atoms with Crippen molar-refractivity contribution >= 4 is 12.2 Å². The molecule has 1 aliphatic heterocycles. The molecule has 92 valence electrons. The van der Waals surface area contributed by atoms with Gasteiger partial charge in [-0.1, -0.05) is 13.5 Å². The fourth-order valence-electron chi connectivity index (χ4n) is 2.29. The van der Waals surface area contributed by atoms with E-state index in [0.717, 1.165) is 18.8 Å². The van der Waals surface area contributed by atoms with Crippen molar-refractivity contribution in [3.63, 3.8) is 0 Å². The summed E-state index contributed by atoms with van der Waals surface area (Å²) in [4.78, 5) is 7.68. The Labute approximate surface area is 102 Å². The highest BCUT2D eigenvalue weighted by Gasteiger charge is 2.24. The molecule has 0 aliphatic carbocycles. The first-order valence-electron chi connectivity index (χ1n) is 6.06. The summed E-state index contributed by atoms with van der Waals surface area (Å²) >= 11 is 0. The lowest BCUT2D eigenvalue weighted by Crippen LogP contribution is -2.23. The maximum Gasteiger partial charge on any atom is 0.114 e.